The molecule has 1 amide bonds. The molecule has 0 aliphatic rings. The molecule has 1 rings (SSSR count). The van der Waals surface area contributed by atoms with Crippen LogP contribution in [0, 0.1) is 10.1 Å². The van der Waals surface area contributed by atoms with Crippen LogP contribution in [0.15, 0.2) is 22.7 Å². The molecular weight excluding hydrogens is 316 g/mol. The lowest BCUT2D eigenvalue weighted by Gasteiger charge is -2.20. The Morgan fingerprint density at radius 1 is 1.53 bits per heavy atom. The van der Waals surface area contributed by atoms with E-state index in [9.17, 15) is 14.9 Å². The number of methoxy groups -OCH3 is 1. The van der Waals surface area contributed by atoms with E-state index in [1.165, 1.54) is 12.1 Å². The summed E-state index contributed by atoms with van der Waals surface area (Å²) in [6.07, 6.45) is 0. The number of nitro groups is 1. The second kappa shape index (κ2) is 7.20. The first-order valence-corrected chi connectivity index (χ1v) is 6.53. The van der Waals surface area contributed by atoms with Crippen LogP contribution in [0.1, 0.15) is 17.3 Å². The van der Waals surface area contributed by atoms with E-state index in [0.29, 0.717) is 19.7 Å². The van der Waals surface area contributed by atoms with Gasteiger partial charge in [0.15, 0.2) is 0 Å². The molecule has 0 radical (unpaired) electrons. The summed E-state index contributed by atoms with van der Waals surface area (Å²) < 4.78 is 5.15. The van der Waals surface area contributed by atoms with Gasteiger partial charge in [-0.05, 0) is 28.9 Å². The molecule has 0 atom stereocenters. The highest BCUT2D eigenvalue weighted by Gasteiger charge is 2.22. The highest BCUT2D eigenvalue weighted by Crippen LogP contribution is 2.29. The molecule has 0 aromatic heterocycles. The number of benzene rings is 1. The number of amides is 1. The fourth-order valence-electron chi connectivity index (χ4n) is 1.60. The smallest absolute Gasteiger partial charge is 0.284 e. The molecule has 0 saturated heterocycles. The number of likely N-dealkylation sites (N-methyl/N-ethyl adjacent to an activating group) is 1. The third kappa shape index (κ3) is 3.74. The number of carbonyl (C=O) groups excluding carboxylic acids is 1. The van der Waals surface area contributed by atoms with Gasteiger partial charge < -0.3 is 9.64 Å². The SMILES string of the molecule is CCN(CCOC)C(=O)c1cccc([N+](=O)[O-])c1Br. The summed E-state index contributed by atoms with van der Waals surface area (Å²) in [6, 6.07) is 4.42. The summed E-state index contributed by atoms with van der Waals surface area (Å²) >= 11 is 3.13. The largest absolute Gasteiger partial charge is 0.383 e. The van der Waals surface area contributed by atoms with Crippen LogP contribution in [0.25, 0.3) is 0 Å². The number of ether oxygens (including phenoxy) is 1. The van der Waals surface area contributed by atoms with Crippen LogP contribution in [0.3, 0.4) is 0 Å². The van der Waals surface area contributed by atoms with E-state index in [2.05, 4.69) is 15.9 Å². The summed E-state index contributed by atoms with van der Waals surface area (Å²) in [5, 5.41) is 10.8. The summed E-state index contributed by atoms with van der Waals surface area (Å²) in [6.45, 7) is 3.23. The van der Waals surface area contributed by atoms with Crippen molar-refractivity contribution in [2.75, 3.05) is 26.8 Å². The molecule has 7 heteroatoms. The molecule has 0 heterocycles. The lowest BCUT2D eigenvalue weighted by Crippen LogP contribution is -2.34. The predicted octanol–water partition coefficient (Wildman–Crippen LogP) is 2.47. The molecule has 0 aliphatic carbocycles. The third-order valence-corrected chi connectivity index (χ3v) is 3.47. The second-order valence-electron chi connectivity index (χ2n) is 3.77. The molecule has 0 unspecified atom stereocenters. The second-order valence-corrected chi connectivity index (χ2v) is 4.57. The van der Waals surface area contributed by atoms with Gasteiger partial charge in [0.05, 0.1) is 17.1 Å². The first-order chi connectivity index (χ1) is 9.02. The van der Waals surface area contributed by atoms with Crippen LogP contribution in [-0.4, -0.2) is 42.5 Å². The first kappa shape index (κ1) is 15.6. The van der Waals surface area contributed by atoms with Crippen LogP contribution in [-0.2, 0) is 4.74 Å². The van der Waals surface area contributed by atoms with Crippen molar-refractivity contribution in [2.24, 2.45) is 0 Å². The van der Waals surface area contributed by atoms with Gasteiger partial charge in [0.2, 0.25) is 0 Å². The first-order valence-electron chi connectivity index (χ1n) is 5.74. The van der Waals surface area contributed by atoms with Crippen LogP contribution in [0.5, 0.6) is 0 Å². The average Bonchev–Trinajstić information content (AvgIpc) is 2.39. The number of hydrogen-bond donors (Lipinski definition) is 0. The molecule has 0 aliphatic heterocycles. The fourth-order valence-corrected chi connectivity index (χ4v) is 2.18. The number of nitrogens with zero attached hydrogens (tertiary/aromatic N) is 2. The standard InChI is InChI=1S/C12H15BrN2O4/c1-3-14(7-8-19-2)12(16)9-5-4-6-10(11(9)13)15(17)18/h4-6H,3,7-8H2,1-2H3. The van der Waals surface area contributed by atoms with E-state index in [-0.39, 0.29) is 21.6 Å². The highest BCUT2D eigenvalue weighted by atomic mass is 79.9. The summed E-state index contributed by atoms with van der Waals surface area (Å²) in [5.74, 6) is -0.255. The van der Waals surface area contributed by atoms with Crippen molar-refractivity contribution < 1.29 is 14.5 Å². The molecule has 104 valence electrons. The minimum atomic E-state index is -0.522. The number of nitro benzene ring substituents is 1. The quantitative estimate of drug-likeness (QED) is 0.593. The van der Waals surface area contributed by atoms with E-state index in [1.54, 1.807) is 18.1 Å². The van der Waals surface area contributed by atoms with Gasteiger partial charge in [0.25, 0.3) is 11.6 Å². The van der Waals surface area contributed by atoms with Gasteiger partial charge in [-0.15, -0.1) is 0 Å². The van der Waals surface area contributed by atoms with Gasteiger partial charge in [0, 0.05) is 26.3 Å². The number of carbonyl (C=O) groups is 1. The summed E-state index contributed by atoms with van der Waals surface area (Å²) in [5.41, 5.74) is 0.167. The van der Waals surface area contributed by atoms with Crippen LogP contribution >= 0.6 is 15.9 Å². The molecular formula is C12H15BrN2O4. The molecule has 0 saturated carbocycles. The number of hydrogen-bond acceptors (Lipinski definition) is 4. The Kier molecular flexibility index (Phi) is 5.91. The van der Waals surface area contributed by atoms with E-state index in [4.69, 9.17) is 4.74 Å². The maximum atomic E-state index is 12.3. The Morgan fingerprint density at radius 2 is 2.21 bits per heavy atom. The Morgan fingerprint density at radius 3 is 2.74 bits per heavy atom. The molecule has 0 N–H and O–H groups in total. The molecule has 0 spiro atoms. The molecule has 6 nitrogen and oxygen atoms in total. The molecule has 1 aromatic carbocycles. The van der Waals surface area contributed by atoms with Crippen molar-refractivity contribution in [3.63, 3.8) is 0 Å². The summed E-state index contributed by atoms with van der Waals surface area (Å²) in [4.78, 5) is 24.2. The van der Waals surface area contributed by atoms with E-state index < -0.39 is 4.92 Å². The minimum Gasteiger partial charge on any atom is -0.383 e. The van der Waals surface area contributed by atoms with Gasteiger partial charge in [-0.2, -0.15) is 0 Å². The van der Waals surface area contributed by atoms with Gasteiger partial charge in [-0.3, -0.25) is 14.9 Å². The minimum absolute atomic E-state index is 0.117. The van der Waals surface area contributed by atoms with Crippen molar-refractivity contribution in [1.29, 1.82) is 0 Å². The van der Waals surface area contributed by atoms with E-state index >= 15 is 0 Å². The van der Waals surface area contributed by atoms with Crippen LogP contribution in [0.2, 0.25) is 0 Å². The maximum Gasteiger partial charge on any atom is 0.284 e. The zero-order valence-corrected chi connectivity index (χ0v) is 12.3. The molecule has 19 heavy (non-hydrogen) atoms. The fraction of sp³-hybridized carbons (Fsp3) is 0.417. The van der Waals surface area contributed by atoms with Crippen LogP contribution in [0.4, 0.5) is 5.69 Å². The summed E-state index contributed by atoms with van der Waals surface area (Å²) in [7, 11) is 1.56. The van der Waals surface area contributed by atoms with Gasteiger partial charge in [-0.25, -0.2) is 0 Å². The highest BCUT2D eigenvalue weighted by molar-refractivity contribution is 9.10. The van der Waals surface area contributed by atoms with E-state index in [0.717, 1.165) is 0 Å². The van der Waals surface area contributed by atoms with Gasteiger partial charge >= 0.3 is 0 Å². The Labute approximate surface area is 119 Å². The number of halogens is 1. The Balaban J connectivity index is 3.04. The predicted molar refractivity (Wildman–Crippen MR) is 74.2 cm³/mol. The van der Waals surface area contributed by atoms with Crippen molar-refractivity contribution in [1.82, 2.24) is 4.90 Å². The maximum absolute atomic E-state index is 12.3. The Bertz CT molecular complexity index is 479. The van der Waals surface area contributed by atoms with E-state index in [1.807, 2.05) is 6.92 Å². The molecule has 1 aromatic rings. The van der Waals surface area contributed by atoms with Crippen molar-refractivity contribution in [3.05, 3.63) is 38.3 Å². The van der Waals surface area contributed by atoms with Crippen molar-refractivity contribution >= 4 is 27.5 Å². The lowest BCUT2D eigenvalue weighted by atomic mass is 10.1. The molecule has 0 bridgehead atoms. The number of rotatable bonds is 6. The van der Waals surface area contributed by atoms with Crippen molar-refractivity contribution in [3.8, 4) is 0 Å². The normalized spacial score (nSPS) is 10.3. The average molecular weight is 331 g/mol. The topological polar surface area (TPSA) is 72.7 Å². The monoisotopic (exact) mass is 330 g/mol. The zero-order valence-electron chi connectivity index (χ0n) is 10.8. The zero-order chi connectivity index (χ0) is 14.4. The lowest BCUT2D eigenvalue weighted by molar-refractivity contribution is -0.385. The Hall–Kier alpha value is -1.47. The third-order valence-electron chi connectivity index (χ3n) is 2.64. The van der Waals surface area contributed by atoms with Gasteiger partial charge in [0.1, 0.15) is 4.47 Å². The van der Waals surface area contributed by atoms with Crippen LogP contribution < -0.4 is 0 Å². The van der Waals surface area contributed by atoms with Gasteiger partial charge in [-0.1, -0.05) is 6.07 Å². The van der Waals surface area contributed by atoms with Crippen molar-refractivity contribution in [2.45, 2.75) is 6.92 Å². The molecule has 0 fully saturated rings.